The molecule has 2 heterocycles. The predicted octanol–water partition coefficient (Wildman–Crippen LogP) is 6.60. The van der Waals surface area contributed by atoms with E-state index in [1.807, 2.05) is 17.5 Å². The molecule has 7 heteroatoms. The molecule has 0 spiro atoms. The number of rotatable bonds is 8. The zero-order chi connectivity index (χ0) is 24.2. The molecular weight excluding hydrogens is 474 g/mol. The minimum atomic E-state index is -0.158. The number of hydrogen-bond acceptors (Lipinski definition) is 5. The lowest BCUT2D eigenvalue weighted by atomic mass is 9.89. The van der Waals surface area contributed by atoms with E-state index in [9.17, 15) is 9.59 Å². The Morgan fingerprint density at radius 2 is 1.91 bits per heavy atom. The Hall–Kier alpha value is -2.90. The monoisotopic (exact) mass is 503 g/mol. The molecule has 5 rings (SSSR count). The van der Waals surface area contributed by atoms with E-state index < -0.39 is 0 Å². The van der Waals surface area contributed by atoms with Crippen molar-refractivity contribution in [1.29, 1.82) is 0 Å². The number of aromatic amines is 1. The third kappa shape index (κ3) is 5.52. The molecule has 180 valence electrons. The quantitative estimate of drug-likeness (QED) is 0.210. The average Bonchev–Trinajstić information content (AvgIpc) is 3.31. The van der Waals surface area contributed by atoms with Crippen LogP contribution < -0.4 is 10.9 Å². The van der Waals surface area contributed by atoms with Gasteiger partial charge in [0.25, 0.3) is 5.56 Å². The van der Waals surface area contributed by atoms with Crippen LogP contribution in [0.1, 0.15) is 49.3 Å². The number of fused-ring (bicyclic) bond motifs is 2. The summed E-state index contributed by atoms with van der Waals surface area (Å²) in [5, 5.41) is 6.03. The highest BCUT2D eigenvalue weighted by atomic mass is 32.2. The Morgan fingerprint density at radius 3 is 2.71 bits per heavy atom. The van der Waals surface area contributed by atoms with Gasteiger partial charge in [-0.05, 0) is 72.9 Å². The summed E-state index contributed by atoms with van der Waals surface area (Å²) in [4.78, 5) is 33.6. The number of carbonyl (C=O) groups excluding carboxylic acids is 1. The van der Waals surface area contributed by atoms with Crippen LogP contribution in [0.15, 0.2) is 57.8 Å². The first-order valence-electron chi connectivity index (χ1n) is 12.3. The molecule has 2 N–H and O–H groups in total. The second-order valence-corrected chi connectivity index (χ2v) is 10.9. The van der Waals surface area contributed by atoms with Gasteiger partial charge in [0.1, 0.15) is 4.83 Å². The van der Waals surface area contributed by atoms with Gasteiger partial charge in [0.05, 0.1) is 11.1 Å². The van der Waals surface area contributed by atoms with Crippen LogP contribution >= 0.6 is 23.1 Å². The van der Waals surface area contributed by atoms with Gasteiger partial charge in [-0.2, -0.15) is 0 Å². The molecule has 0 aliphatic heterocycles. The Morgan fingerprint density at radius 1 is 1.11 bits per heavy atom. The number of unbranched alkanes of at least 4 members (excludes halogenated alkanes) is 1. The summed E-state index contributed by atoms with van der Waals surface area (Å²) in [5.74, 6) is 0.0507. The molecule has 2 aromatic carbocycles. The molecule has 2 aromatic heterocycles. The topological polar surface area (TPSA) is 74.8 Å². The molecule has 0 atom stereocenters. The zero-order valence-electron chi connectivity index (χ0n) is 19.9. The molecule has 35 heavy (non-hydrogen) atoms. The summed E-state index contributed by atoms with van der Waals surface area (Å²) in [6.45, 7) is 2.18. The van der Waals surface area contributed by atoms with E-state index in [1.54, 1.807) is 0 Å². The number of thioether (sulfide) groups is 1. The molecule has 0 fully saturated rings. The molecule has 0 saturated heterocycles. The van der Waals surface area contributed by atoms with E-state index in [2.05, 4.69) is 52.5 Å². The van der Waals surface area contributed by atoms with Gasteiger partial charge in [0, 0.05) is 16.6 Å². The van der Waals surface area contributed by atoms with E-state index >= 15 is 0 Å². The van der Waals surface area contributed by atoms with Crippen molar-refractivity contribution in [3.05, 3.63) is 74.9 Å². The maximum Gasteiger partial charge on any atom is 0.260 e. The normalized spacial score (nSPS) is 13.1. The molecule has 4 aromatic rings. The SMILES string of the molecule is CCCCc1ccc(NC(=O)CSc2nc3scc(-c4ccc5c(c4)CCCC5)c3c(=O)[nH]2)cc1. The highest BCUT2D eigenvalue weighted by Gasteiger charge is 2.16. The Labute approximate surface area is 213 Å². The van der Waals surface area contributed by atoms with Crippen molar-refractivity contribution in [2.75, 3.05) is 11.1 Å². The number of aromatic nitrogens is 2. The van der Waals surface area contributed by atoms with Gasteiger partial charge in [0.15, 0.2) is 5.16 Å². The minimum absolute atomic E-state index is 0.125. The fourth-order valence-corrected chi connectivity index (χ4v) is 6.24. The maximum atomic E-state index is 13.0. The van der Waals surface area contributed by atoms with Crippen LogP contribution in [-0.2, 0) is 24.1 Å². The van der Waals surface area contributed by atoms with Gasteiger partial charge in [-0.25, -0.2) is 4.98 Å². The van der Waals surface area contributed by atoms with Crippen molar-refractivity contribution in [3.63, 3.8) is 0 Å². The standard InChI is InChI=1S/C28H29N3O2S2/c1-2-3-6-18-9-13-22(14-10-18)29-24(32)17-35-28-30-26(33)25-23(16-34-27(25)31-28)21-12-11-19-7-4-5-8-20(19)15-21/h9-16H,2-8,17H2,1H3,(H,29,32)(H,30,31,33). The number of nitrogens with zero attached hydrogens (tertiary/aromatic N) is 1. The van der Waals surface area contributed by atoms with Crippen molar-refractivity contribution in [1.82, 2.24) is 9.97 Å². The lowest BCUT2D eigenvalue weighted by Crippen LogP contribution is -2.15. The van der Waals surface area contributed by atoms with E-state index in [1.165, 1.54) is 59.1 Å². The minimum Gasteiger partial charge on any atom is -0.325 e. The van der Waals surface area contributed by atoms with Gasteiger partial charge in [-0.3, -0.25) is 9.59 Å². The van der Waals surface area contributed by atoms with Crippen LogP contribution in [0.25, 0.3) is 21.3 Å². The van der Waals surface area contributed by atoms with Crippen molar-refractivity contribution in [2.45, 2.75) is 57.0 Å². The van der Waals surface area contributed by atoms with Crippen LogP contribution in [0.5, 0.6) is 0 Å². The third-order valence-corrected chi connectivity index (χ3v) is 8.22. The van der Waals surface area contributed by atoms with Crippen molar-refractivity contribution in [2.24, 2.45) is 0 Å². The number of anilines is 1. The van der Waals surface area contributed by atoms with Gasteiger partial charge < -0.3 is 10.3 Å². The first-order chi connectivity index (χ1) is 17.1. The number of amides is 1. The van der Waals surface area contributed by atoms with Gasteiger partial charge in [-0.1, -0.05) is 55.4 Å². The van der Waals surface area contributed by atoms with Crippen LogP contribution in [0.2, 0.25) is 0 Å². The summed E-state index contributed by atoms with van der Waals surface area (Å²) in [6, 6.07) is 14.6. The zero-order valence-corrected chi connectivity index (χ0v) is 21.5. The molecule has 1 aliphatic carbocycles. The molecule has 5 nitrogen and oxygen atoms in total. The Bertz CT molecular complexity index is 1410. The van der Waals surface area contributed by atoms with E-state index in [-0.39, 0.29) is 17.2 Å². The molecular formula is C28H29N3O2S2. The lowest BCUT2D eigenvalue weighted by molar-refractivity contribution is -0.113. The highest BCUT2D eigenvalue weighted by molar-refractivity contribution is 7.99. The summed E-state index contributed by atoms with van der Waals surface area (Å²) in [5.41, 5.74) is 6.73. The van der Waals surface area contributed by atoms with Gasteiger partial charge >= 0.3 is 0 Å². The van der Waals surface area contributed by atoms with Crippen molar-refractivity contribution < 1.29 is 4.79 Å². The summed E-state index contributed by atoms with van der Waals surface area (Å²) in [7, 11) is 0. The van der Waals surface area contributed by atoms with E-state index in [0.717, 1.165) is 42.5 Å². The van der Waals surface area contributed by atoms with Crippen LogP contribution in [0.4, 0.5) is 5.69 Å². The third-order valence-electron chi connectivity index (χ3n) is 6.48. The van der Waals surface area contributed by atoms with Gasteiger partial charge in [-0.15, -0.1) is 11.3 Å². The number of aryl methyl sites for hydroxylation is 3. The fraction of sp³-hybridized carbons (Fsp3) is 0.321. The van der Waals surface area contributed by atoms with Crippen LogP contribution in [-0.4, -0.2) is 21.6 Å². The number of H-pyrrole nitrogens is 1. The first-order valence-corrected chi connectivity index (χ1v) is 14.1. The summed E-state index contributed by atoms with van der Waals surface area (Å²) in [6.07, 6.45) is 8.10. The number of nitrogens with one attached hydrogen (secondary N) is 2. The molecule has 0 unspecified atom stereocenters. The van der Waals surface area contributed by atoms with Crippen LogP contribution in [0, 0.1) is 0 Å². The molecule has 0 saturated carbocycles. The van der Waals surface area contributed by atoms with E-state index in [0.29, 0.717) is 15.4 Å². The summed E-state index contributed by atoms with van der Waals surface area (Å²) >= 11 is 2.72. The number of carbonyl (C=O) groups is 1. The maximum absolute atomic E-state index is 13.0. The highest BCUT2D eigenvalue weighted by Crippen LogP contribution is 2.34. The fourth-order valence-electron chi connectivity index (χ4n) is 4.58. The summed E-state index contributed by atoms with van der Waals surface area (Å²) < 4.78 is 0. The lowest BCUT2D eigenvalue weighted by Gasteiger charge is -2.16. The number of benzene rings is 2. The van der Waals surface area contributed by atoms with Gasteiger partial charge in [0.2, 0.25) is 5.91 Å². The van der Waals surface area contributed by atoms with Crippen molar-refractivity contribution >= 4 is 44.9 Å². The largest absolute Gasteiger partial charge is 0.325 e. The molecule has 1 aliphatic rings. The molecule has 0 radical (unpaired) electrons. The smallest absolute Gasteiger partial charge is 0.260 e. The Balaban J connectivity index is 1.26. The average molecular weight is 504 g/mol. The predicted molar refractivity (Wildman–Crippen MR) is 147 cm³/mol. The first kappa shape index (κ1) is 23.8. The van der Waals surface area contributed by atoms with E-state index in [4.69, 9.17) is 0 Å². The second kappa shape index (κ2) is 10.8. The van der Waals surface area contributed by atoms with Crippen LogP contribution in [0.3, 0.4) is 0 Å². The molecule has 0 bridgehead atoms. The number of thiophene rings is 1. The molecule has 1 amide bonds. The second-order valence-electron chi connectivity index (χ2n) is 9.03. The van der Waals surface area contributed by atoms with Crippen molar-refractivity contribution in [3.8, 4) is 11.1 Å². The number of hydrogen-bond donors (Lipinski definition) is 2. The Kier molecular flexibility index (Phi) is 7.35.